The number of hydrogen-bond donors (Lipinski definition) is 1. The van der Waals surface area contributed by atoms with Gasteiger partial charge in [0.2, 0.25) is 0 Å². The molecule has 1 aliphatic rings. The monoisotopic (exact) mass is 264 g/mol. The number of hydrogen-bond acceptors (Lipinski definition) is 2. The van der Waals surface area contributed by atoms with Crippen LogP contribution in [0.2, 0.25) is 0 Å². The highest BCUT2D eigenvalue weighted by atomic mass is 19.1. The summed E-state index contributed by atoms with van der Waals surface area (Å²) in [6.45, 7) is 2.65. The Kier molecular flexibility index (Phi) is 4.40. The third kappa shape index (κ3) is 3.06. The van der Waals surface area contributed by atoms with E-state index >= 15 is 0 Å². The van der Waals surface area contributed by atoms with Crippen LogP contribution in [0.4, 0.5) is 10.1 Å². The summed E-state index contributed by atoms with van der Waals surface area (Å²) in [6.07, 6.45) is 5.71. The third-order valence-corrected chi connectivity index (χ3v) is 3.86. The van der Waals surface area contributed by atoms with Gasteiger partial charge in [-0.05, 0) is 38.0 Å². The maximum absolute atomic E-state index is 13.0. The van der Waals surface area contributed by atoms with Gasteiger partial charge in [0.25, 0.3) is 5.91 Å². The van der Waals surface area contributed by atoms with Gasteiger partial charge in [0.1, 0.15) is 5.82 Å². The summed E-state index contributed by atoms with van der Waals surface area (Å²) < 4.78 is 13.0. The molecule has 0 spiro atoms. The molecule has 1 aliphatic carbocycles. The van der Waals surface area contributed by atoms with Gasteiger partial charge in [-0.25, -0.2) is 4.39 Å². The summed E-state index contributed by atoms with van der Waals surface area (Å²) in [7, 11) is 0. The van der Waals surface area contributed by atoms with Gasteiger partial charge in [-0.1, -0.05) is 19.3 Å². The molecule has 0 aliphatic heterocycles. The molecule has 0 radical (unpaired) electrons. The standard InChI is InChI=1S/C15H21FN2O/c1-2-18(12-6-4-3-5-7-12)15(19)13-9-8-11(16)10-14(13)17/h8-10,12H,2-7,17H2,1H3. The molecule has 0 bridgehead atoms. The molecule has 1 aromatic rings. The van der Waals surface area contributed by atoms with Crippen LogP contribution in [-0.2, 0) is 0 Å². The Morgan fingerprint density at radius 1 is 1.37 bits per heavy atom. The lowest BCUT2D eigenvalue weighted by atomic mass is 9.93. The molecule has 19 heavy (non-hydrogen) atoms. The summed E-state index contributed by atoms with van der Waals surface area (Å²) in [6, 6.07) is 4.29. The lowest BCUT2D eigenvalue weighted by molar-refractivity contribution is 0.0649. The Morgan fingerprint density at radius 3 is 2.63 bits per heavy atom. The second kappa shape index (κ2) is 6.04. The van der Waals surface area contributed by atoms with Crippen molar-refractivity contribution in [3.8, 4) is 0 Å². The highest BCUT2D eigenvalue weighted by Crippen LogP contribution is 2.25. The van der Waals surface area contributed by atoms with Gasteiger partial charge in [0, 0.05) is 18.3 Å². The molecule has 0 unspecified atom stereocenters. The van der Waals surface area contributed by atoms with Crippen LogP contribution in [0, 0.1) is 5.82 Å². The molecule has 0 aromatic heterocycles. The van der Waals surface area contributed by atoms with Crippen LogP contribution < -0.4 is 5.73 Å². The molecule has 1 saturated carbocycles. The summed E-state index contributed by atoms with van der Waals surface area (Å²) in [4.78, 5) is 14.4. The molecule has 0 heterocycles. The van der Waals surface area contributed by atoms with Crippen molar-refractivity contribution in [2.75, 3.05) is 12.3 Å². The second-order valence-electron chi connectivity index (χ2n) is 5.11. The van der Waals surface area contributed by atoms with Crippen LogP contribution in [0.25, 0.3) is 0 Å². The van der Waals surface area contributed by atoms with Crippen molar-refractivity contribution in [3.63, 3.8) is 0 Å². The summed E-state index contributed by atoms with van der Waals surface area (Å²) in [5, 5.41) is 0. The van der Waals surface area contributed by atoms with Crippen molar-refractivity contribution in [3.05, 3.63) is 29.6 Å². The first-order chi connectivity index (χ1) is 9.13. The molecule has 104 valence electrons. The lowest BCUT2D eigenvalue weighted by Crippen LogP contribution is -2.41. The predicted molar refractivity (Wildman–Crippen MR) is 74.4 cm³/mol. The van der Waals surface area contributed by atoms with Gasteiger partial charge < -0.3 is 10.6 Å². The Labute approximate surface area is 113 Å². The Bertz CT molecular complexity index is 455. The minimum Gasteiger partial charge on any atom is -0.398 e. The largest absolute Gasteiger partial charge is 0.398 e. The number of nitrogens with two attached hydrogens (primary N) is 1. The number of carbonyl (C=O) groups excluding carboxylic acids is 1. The van der Waals surface area contributed by atoms with E-state index in [0.29, 0.717) is 18.2 Å². The van der Waals surface area contributed by atoms with Crippen LogP contribution in [-0.4, -0.2) is 23.4 Å². The molecule has 1 fully saturated rings. The molecule has 1 amide bonds. The average molecular weight is 264 g/mol. The van der Waals surface area contributed by atoms with Crippen LogP contribution >= 0.6 is 0 Å². The Morgan fingerprint density at radius 2 is 2.05 bits per heavy atom. The fraction of sp³-hybridized carbons (Fsp3) is 0.533. The van der Waals surface area contributed by atoms with E-state index in [-0.39, 0.29) is 11.6 Å². The fourth-order valence-electron chi connectivity index (χ4n) is 2.84. The van der Waals surface area contributed by atoms with Gasteiger partial charge >= 0.3 is 0 Å². The molecule has 3 nitrogen and oxygen atoms in total. The summed E-state index contributed by atoms with van der Waals surface area (Å²) >= 11 is 0. The van der Waals surface area contributed by atoms with Crippen LogP contribution in [0.5, 0.6) is 0 Å². The van der Waals surface area contributed by atoms with Crippen molar-refractivity contribution >= 4 is 11.6 Å². The van der Waals surface area contributed by atoms with Crippen LogP contribution in [0.1, 0.15) is 49.4 Å². The molecule has 2 N–H and O–H groups in total. The number of halogens is 1. The van der Waals surface area contributed by atoms with Crippen LogP contribution in [0.3, 0.4) is 0 Å². The minimum atomic E-state index is -0.408. The van der Waals surface area contributed by atoms with Crippen molar-refractivity contribution < 1.29 is 9.18 Å². The van der Waals surface area contributed by atoms with Crippen molar-refractivity contribution in [2.45, 2.75) is 45.1 Å². The van der Waals surface area contributed by atoms with E-state index in [4.69, 9.17) is 5.73 Å². The van der Waals surface area contributed by atoms with Gasteiger partial charge in [-0.2, -0.15) is 0 Å². The number of amides is 1. The number of carbonyl (C=O) groups is 1. The average Bonchev–Trinajstić information content (AvgIpc) is 2.40. The molecule has 0 saturated heterocycles. The number of anilines is 1. The number of nitrogen functional groups attached to an aromatic ring is 1. The SMILES string of the molecule is CCN(C(=O)c1ccc(F)cc1N)C1CCCCC1. The van der Waals surface area contributed by atoms with Crippen LogP contribution in [0.15, 0.2) is 18.2 Å². The summed E-state index contributed by atoms with van der Waals surface area (Å²) in [5.74, 6) is -0.485. The van der Waals surface area contributed by atoms with E-state index in [0.717, 1.165) is 12.8 Å². The zero-order chi connectivity index (χ0) is 13.8. The zero-order valence-electron chi connectivity index (χ0n) is 11.4. The Balaban J connectivity index is 2.19. The van der Waals surface area contributed by atoms with Gasteiger partial charge in [-0.3, -0.25) is 4.79 Å². The van der Waals surface area contributed by atoms with Crippen molar-refractivity contribution in [1.29, 1.82) is 0 Å². The van der Waals surface area contributed by atoms with Gasteiger partial charge in [0.05, 0.1) is 5.56 Å². The molecule has 2 rings (SSSR count). The van der Waals surface area contributed by atoms with Gasteiger partial charge in [-0.15, -0.1) is 0 Å². The van der Waals surface area contributed by atoms with E-state index in [2.05, 4.69) is 0 Å². The maximum atomic E-state index is 13.0. The Hall–Kier alpha value is -1.58. The number of rotatable bonds is 3. The number of benzene rings is 1. The quantitative estimate of drug-likeness (QED) is 0.852. The third-order valence-electron chi connectivity index (χ3n) is 3.86. The van der Waals surface area contributed by atoms with E-state index in [9.17, 15) is 9.18 Å². The minimum absolute atomic E-state index is 0.0769. The molecule has 1 aromatic carbocycles. The van der Waals surface area contributed by atoms with Crippen molar-refractivity contribution in [2.24, 2.45) is 0 Å². The normalized spacial score (nSPS) is 16.3. The molecule has 0 atom stereocenters. The van der Waals surface area contributed by atoms with Gasteiger partial charge in [0.15, 0.2) is 0 Å². The van der Waals surface area contributed by atoms with Crippen molar-refractivity contribution in [1.82, 2.24) is 4.90 Å². The molecular weight excluding hydrogens is 243 g/mol. The lowest BCUT2D eigenvalue weighted by Gasteiger charge is -2.33. The first-order valence-corrected chi connectivity index (χ1v) is 6.99. The zero-order valence-corrected chi connectivity index (χ0v) is 11.4. The van der Waals surface area contributed by atoms with E-state index in [1.807, 2.05) is 11.8 Å². The highest BCUT2D eigenvalue weighted by molar-refractivity contribution is 5.99. The van der Waals surface area contributed by atoms with E-state index in [1.54, 1.807) is 0 Å². The number of nitrogens with zero attached hydrogens (tertiary/aromatic N) is 1. The smallest absolute Gasteiger partial charge is 0.256 e. The second-order valence-corrected chi connectivity index (χ2v) is 5.11. The summed E-state index contributed by atoms with van der Waals surface area (Å²) in [5.41, 5.74) is 6.39. The maximum Gasteiger partial charge on any atom is 0.256 e. The highest BCUT2D eigenvalue weighted by Gasteiger charge is 2.26. The fourth-order valence-corrected chi connectivity index (χ4v) is 2.84. The van der Waals surface area contributed by atoms with E-state index < -0.39 is 5.82 Å². The first-order valence-electron chi connectivity index (χ1n) is 6.99. The predicted octanol–water partition coefficient (Wildman–Crippen LogP) is 3.20. The topological polar surface area (TPSA) is 46.3 Å². The molecule has 4 heteroatoms. The molecular formula is C15H21FN2O. The first kappa shape index (κ1) is 13.8. The van der Waals surface area contributed by atoms with E-state index in [1.165, 1.54) is 37.5 Å².